The van der Waals surface area contributed by atoms with Gasteiger partial charge in [0.05, 0.1) is 0 Å². The molecule has 0 aliphatic heterocycles. The molecule has 0 aliphatic rings. The number of aliphatic hydroxyl groups is 1. The molecule has 0 saturated carbocycles. The molecule has 1 aromatic carbocycles. The van der Waals surface area contributed by atoms with Gasteiger partial charge in [0.1, 0.15) is 23.8 Å². The van der Waals surface area contributed by atoms with Gasteiger partial charge in [0.25, 0.3) is 0 Å². The van der Waals surface area contributed by atoms with Crippen LogP contribution in [0.15, 0.2) is 34.9 Å². The van der Waals surface area contributed by atoms with Gasteiger partial charge in [-0.15, -0.1) is 0 Å². The number of hydrogen-bond acceptors (Lipinski definition) is 5. The van der Waals surface area contributed by atoms with E-state index in [9.17, 15) is 8.42 Å². The van der Waals surface area contributed by atoms with E-state index in [2.05, 4.69) is 21.7 Å². The Morgan fingerprint density at radius 1 is 1.38 bits per heavy atom. The Morgan fingerprint density at radius 2 is 2.19 bits per heavy atom. The van der Waals surface area contributed by atoms with E-state index in [1.807, 2.05) is 0 Å². The summed E-state index contributed by atoms with van der Waals surface area (Å²) < 4.78 is 31.4. The van der Waals surface area contributed by atoms with Gasteiger partial charge in [-0.05, 0) is 25.1 Å². The molecular formula is C14H14N2O4S. The van der Waals surface area contributed by atoms with E-state index in [1.165, 1.54) is 0 Å². The third kappa shape index (κ3) is 4.63. The van der Waals surface area contributed by atoms with Gasteiger partial charge in [0.15, 0.2) is 0 Å². The molecule has 0 amide bonds. The van der Waals surface area contributed by atoms with E-state index in [0.717, 1.165) is 0 Å². The maximum Gasteiger partial charge on any atom is 0.238 e. The average Bonchev–Trinajstić information content (AvgIpc) is 2.80. The van der Waals surface area contributed by atoms with Crippen molar-refractivity contribution < 1.29 is 18.0 Å². The first-order valence-corrected chi connectivity index (χ1v) is 7.76. The second-order valence-corrected chi connectivity index (χ2v) is 6.05. The van der Waals surface area contributed by atoms with Crippen LogP contribution in [0.2, 0.25) is 0 Å². The third-order valence-electron chi connectivity index (χ3n) is 2.46. The summed E-state index contributed by atoms with van der Waals surface area (Å²) in [5.74, 6) is 5.50. The van der Waals surface area contributed by atoms with Gasteiger partial charge in [-0.3, -0.25) is 4.72 Å². The van der Waals surface area contributed by atoms with Crippen LogP contribution in [0, 0.1) is 18.8 Å². The molecule has 0 unspecified atom stereocenters. The molecule has 7 heteroatoms. The predicted molar refractivity (Wildman–Crippen MR) is 77.9 cm³/mol. The zero-order chi connectivity index (χ0) is 15.3. The molecule has 0 radical (unpaired) electrons. The highest BCUT2D eigenvalue weighted by Crippen LogP contribution is 2.14. The average molecular weight is 306 g/mol. The zero-order valence-corrected chi connectivity index (χ0v) is 12.1. The van der Waals surface area contributed by atoms with Crippen molar-refractivity contribution in [1.82, 2.24) is 5.16 Å². The highest BCUT2D eigenvalue weighted by Gasteiger charge is 2.14. The predicted octanol–water partition coefficient (Wildman–Crippen LogP) is 1.27. The van der Waals surface area contributed by atoms with Crippen LogP contribution in [0.3, 0.4) is 0 Å². The summed E-state index contributed by atoms with van der Waals surface area (Å²) in [6.45, 7) is 1.45. The largest absolute Gasteiger partial charge is 0.384 e. The lowest BCUT2D eigenvalue weighted by atomic mass is 10.2. The minimum absolute atomic E-state index is 0.249. The number of aliphatic hydroxyl groups excluding tert-OH is 1. The summed E-state index contributed by atoms with van der Waals surface area (Å²) in [7, 11) is -3.58. The maximum atomic E-state index is 12.0. The SMILES string of the molecule is Cc1cc(CS(=O)(=O)Nc2cccc(C#CCO)c2)no1. The second kappa shape index (κ2) is 6.43. The Labute approximate surface area is 122 Å². The van der Waals surface area contributed by atoms with Crippen LogP contribution < -0.4 is 4.72 Å². The van der Waals surface area contributed by atoms with Crippen molar-refractivity contribution in [3.8, 4) is 11.8 Å². The minimum atomic E-state index is -3.58. The topological polar surface area (TPSA) is 92.4 Å². The Hall–Kier alpha value is -2.30. The van der Waals surface area contributed by atoms with Gasteiger partial charge in [-0.25, -0.2) is 8.42 Å². The first-order chi connectivity index (χ1) is 9.98. The summed E-state index contributed by atoms with van der Waals surface area (Å²) in [5.41, 5.74) is 1.36. The molecule has 0 fully saturated rings. The van der Waals surface area contributed by atoms with Crippen LogP contribution in [0.4, 0.5) is 5.69 Å². The quantitative estimate of drug-likeness (QED) is 0.830. The molecule has 2 aromatic rings. The minimum Gasteiger partial charge on any atom is -0.384 e. The molecule has 0 atom stereocenters. The lowest BCUT2D eigenvalue weighted by molar-refractivity contribution is 0.350. The van der Waals surface area contributed by atoms with Gasteiger partial charge >= 0.3 is 0 Å². The van der Waals surface area contributed by atoms with E-state index in [4.69, 9.17) is 9.63 Å². The molecule has 0 aliphatic carbocycles. The molecule has 1 heterocycles. The van der Waals surface area contributed by atoms with Gasteiger partial charge in [-0.2, -0.15) is 0 Å². The first-order valence-electron chi connectivity index (χ1n) is 6.11. The van der Waals surface area contributed by atoms with Crippen molar-refractivity contribution in [2.45, 2.75) is 12.7 Å². The summed E-state index contributed by atoms with van der Waals surface area (Å²) in [4.78, 5) is 0. The van der Waals surface area contributed by atoms with E-state index in [1.54, 1.807) is 37.3 Å². The van der Waals surface area contributed by atoms with Crippen LogP contribution in [-0.2, 0) is 15.8 Å². The molecule has 21 heavy (non-hydrogen) atoms. The van der Waals surface area contributed by atoms with Gasteiger partial charge in [-0.1, -0.05) is 23.1 Å². The van der Waals surface area contributed by atoms with Gasteiger partial charge in [0, 0.05) is 17.3 Å². The Bertz CT molecular complexity index is 785. The summed E-state index contributed by atoms with van der Waals surface area (Å²) in [6.07, 6.45) is 0. The smallest absolute Gasteiger partial charge is 0.238 e. The van der Waals surface area contributed by atoms with Crippen molar-refractivity contribution in [3.63, 3.8) is 0 Å². The fourth-order valence-electron chi connectivity index (χ4n) is 1.70. The summed E-state index contributed by atoms with van der Waals surface area (Å²) in [5, 5.41) is 12.3. The number of hydrogen-bond donors (Lipinski definition) is 2. The highest BCUT2D eigenvalue weighted by molar-refractivity contribution is 7.91. The Balaban J connectivity index is 2.13. The summed E-state index contributed by atoms with van der Waals surface area (Å²) >= 11 is 0. The van der Waals surface area contributed by atoms with Crippen LogP contribution in [0.25, 0.3) is 0 Å². The number of aromatic nitrogens is 1. The van der Waals surface area contributed by atoms with Crippen LogP contribution in [0.1, 0.15) is 17.0 Å². The fourth-order valence-corrected chi connectivity index (χ4v) is 2.78. The number of nitrogens with zero attached hydrogens (tertiary/aromatic N) is 1. The van der Waals surface area contributed by atoms with Gasteiger partial charge in [0.2, 0.25) is 10.0 Å². The molecule has 0 spiro atoms. The van der Waals surface area contributed by atoms with Crippen molar-refractivity contribution >= 4 is 15.7 Å². The number of aryl methyl sites for hydroxylation is 1. The lowest BCUT2D eigenvalue weighted by Gasteiger charge is -2.06. The van der Waals surface area contributed by atoms with E-state index >= 15 is 0 Å². The standard InChI is InChI=1S/C14H14N2O4S/c1-11-8-14(15-20-11)10-21(18,19)16-13-6-2-4-12(9-13)5-3-7-17/h2,4,6,8-9,16-17H,7,10H2,1H3. The van der Waals surface area contributed by atoms with Crippen molar-refractivity contribution in [3.05, 3.63) is 47.3 Å². The normalized spacial score (nSPS) is 10.8. The highest BCUT2D eigenvalue weighted by atomic mass is 32.2. The van der Waals surface area contributed by atoms with Gasteiger partial charge < -0.3 is 9.63 Å². The van der Waals surface area contributed by atoms with Crippen molar-refractivity contribution in [2.75, 3.05) is 11.3 Å². The van der Waals surface area contributed by atoms with Crippen molar-refractivity contribution in [1.29, 1.82) is 0 Å². The van der Waals surface area contributed by atoms with E-state index < -0.39 is 10.0 Å². The molecule has 1 aromatic heterocycles. The Kier molecular flexibility index (Phi) is 4.62. The number of nitrogens with one attached hydrogen (secondary N) is 1. The molecule has 2 rings (SSSR count). The zero-order valence-electron chi connectivity index (χ0n) is 11.3. The number of sulfonamides is 1. The lowest BCUT2D eigenvalue weighted by Crippen LogP contribution is -2.15. The first kappa shape index (κ1) is 15.1. The molecule has 0 bridgehead atoms. The van der Waals surface area contributed by atoms with Crippen molar-refractivity contribution in [2.24, 2.45) is 0 Å². The maximum absolute atomic E-state index is 12.0. The molecule has 0 saturated heterocycles. The van der Waals surface area contributed by atoms with E-state index in [-0.39, 0.29) is 12.4 Å². The number of anilines is 1. The number of benzene rings is 1. The van der Waals surface area contributed by atoms with Crippen LogP contribution >= 0.6 is 0 Å². The molecular weight excluding hydrogens is 292 g/mol. The van der Waals surface area contributed by atoms with Crippen LogP contribution in [0.5, 0.6) is 0 Å². The Morgan fingerprint density at radius 3 is 2.86 bits per heavy atom. The fraction of sp³-hybridized carbons (Fsp3) is 0.214. The summed E-state index contributed by atoms with van der Waals surface area (Å²) in [6, 6.07) is 8.19. The van der Waals surface area contributed by atoms with Crippen LogP contribution in [-0.4, -0.2) is 25.3 Å². The molecule has 2 N–H and O–H groups in total. The third-order valence-corrected chi connectivity index (χ3v) is 3.68. The molecule has 6 nitrogen and oxygen atoms in total. The second-order valence-electron chi connectivity index (χ2n) is 4.33. The number of rotatable bonds is 4. The monoisotopic (exact) mass is 306 g/mol. The van der Waals surface area contributed by atoms with E-state index in [0.29, 0.717) is 22.7 Å². The molecule has 110 valence electrons.